The van der Waals surface area contributed by atoms with Gasteiger partial charge in [-0.3, -0.25) is 4.90 Å². The Morgan fingerprint density at radius 3 is 2.90 bits per heavy atom. The fraction of sp³-hybridized carbons (Fsp3) is 0.667. The van der Waals surface area contributed by atoms with Gasteiger partial charge in [-0.1, -0.05) is 25.1 Å². The Balaban J connectivity index is 1.61. The van der Waals surface area contributed by atoms with Gasteiger partial charge >= 0.3 is 0 Å². The first kappa shape index (κ1) is 14.9. The Morgan fingerprint density at radius 2 is 2.14 bits per heavy atom. The molecule has 1 aliphatic heterocycles. The van der Waals surface area contributed by atoms with Crippen LogP contribution in [-0.4, -0.2) is 37.2 Å². The second-order valence-electron chi connectivity index (χ2n) is 6.35. The van der Waals surface area contributed by atoms with E-state index in [0.29, 0.717) is 6.04 Å². The molecular weight excluding hydrogens is 260 g/mol. The van der Waals surface area contributed by atoms with E-state index in [9.17, 15) is 0 Å². The Hall–Kier alpha value is -1.06. The van der Waals surface area contributed by atoms with E-state index in [4.69, 9.17) is 4.74 Å². The van der Waals surface area contributed by atoms with E-state index < -0.39 is 0 Å². The van der Waals surface area contributed by atoms with Crippen molar-refractivity contribution in [3.63, 3.8) is 0 Å². The predicted molar refractivity (Wildman–Crippen MR) is 86.9 cm³/mol. The van der Waals surface area contributed by atoms with Crippen LogP contribution < -0.4 is 10.1 Å². The van der Waals surface area contributed by atoms with E-state index in [1.807, 2.05) is 0 Å². The lowest BCUT2D eigenvalue weighted by Gasteiger charge is -2.23. The Kier molecular flexibility index (Phi) is 4.81. The van der Waals surface area contributed by atoms with E-state index in [0.717, 1.165) is 31.4 Å². The van der Waals surface area contributed by atoms with Gasteiger partial charge in [0, 0.05) is 30.7 Å². The average molecular weight is 288 g/mol. The lowest BCUT2D eigenvalue weighted by molar-refractivity contribution is 0.270. The molecule has 1 heterocycles. The molecule has 1 unspecified atom stereocenters. The minimum Gasteiger partial charge on any atom is -0.493 e. The summed E-state index contributed by atoms with van der Waals surface area (Å²) in [6, 6.07) is 7.83. The molecule has 1 fully saturated rings. The summed E-state index contributed by atoms with van der Waals surface area (Å²) in [5.74, 6) is 1.11. The van der Waals surface area contributed by atoms with Crippen molar-refractivity contribution >= 4 is 0 Å². The molecule has 21 heavy (non-hydrogen) atoms. The highest BCUT2D eigenvalue weighted by Gasteiger charge is 2.27. The van der Waals surface area contributed by atoms with Gasteiger partial charge in [0.25, 0.3) is 0 Å². The van der Waals surface area contributed by atoms with Crippen molar-refractivity contribution in [1.82, 2.24) is 10.2 Å². The van der Waals surface area contributed by atoms with Gasteiger partial charge in [0.2, 0.25) is 0 Å². The van der Waals surface area contributed by atoms with Crippen LogP contribution in [0.4, 0.5) is 0 Å². The van der Waals surface area contributed by atoms with Crippen LogP contribution in [0.5, 0.6) is 5.75 Å². The van der Waals surface area contributed by atoms with E-state index in [2.05, 4.69) is 42.3 Å². The average Bonchev–Trinajstić information content (AvgIpc) is 3.31. The van der Waals surface area contributed by atoms with Gasteiger partial charge in [-0.2, -0.15) is 0 Å². The molecule has 1 aromatic carbocycles. The minimum atomic E-state index is 0.445. The normalized spacial score (nSPS) is 21.8. The molecule has 0 radical (unpaired) electrons. The highest BCUT2D eigenvalue weighted by molar-refractivity contribution is 5.43. The fourth-order valence-corrected chi connectivity index (χ4v) is 3.40. The van der Waals surface area contributed by atoms with Crippen molar-refractivity contribution in [3.8, 4) is 5.75 Å². The number of para-hydroxylation sites is 1. The first-order chi connectivity index (χ1) is 10.3. The van der Waals surface area contributed by atoms with Crippen LogP contribution in [0.15, 0.2) is 18.2 Å². The van der Waals surface area contributed by atoms with Gasteiger partial charge < -0.3 is 10.1 Å². The molecule has 3 nitrogen and oxygen atoms in total. The van der Waals surface area contributed by atoms with Crippen molar-refractivity contribution in [2.24, 2.45) is 0 Å². The highest BCUT2D eigenvalue weighted by Crippen LogP contribution is 2.34. The van der Waals surface area contributed by atoms with Gasteiger partial charge in [0.05, 0.1) is 6.61 Å². The molecule has 2 aliphatic rings. The predicted octanol–water partition coefficient (Wildman–Crippen LogP) is 3.28. The molecule has 0 aromatic heterocycles. The number of nitrogens with one attached hydrogen (secondary N) is 1. The maximum absolute atomic E-state index is 5.96. The number of hydrogen-bond acceptors (Lipinski definition) is 3. The molecule has 1 N–H and O–H groups in total. The summed E-state index contributed by atoms with van der Waals surface area (Å²) in [4.78, 5) is 2.61. The van der Waals surface area contributed by atoms with Crippen LogP contribution in [0.2, 0.25) is 0 Å². The SMILES string of the molecule is CCN(CCNC1CCCOc2c(C)cccc21)C1CC1. The Bertz CT molecular complexity index is 470. The maximum atomic E-state index is 5.96. The van der Waals surface area contributed by atoms with Gasteiger partial charge in [-0.25, -0.2) is 0 Å². The van der Waals surface area contributed by atoms with Crippen molar-refractivity contribution < 1.29 is 4.74 Å². The molecule has 0 amide bonds. The molecule has 3 rings (SSSR count). The molecule has 116 valence electrons. The number of aryl methyl sites for hydroxylation is 1. The number of benzene rings is 1. The van der Waals surface area contributed by atoms with Crippen LogP contribution in [0.1, 0.15) is 49.8 Å². The van der Waals surface area contributed by atoms with Crippen LogP contribution in [-0.2, 0) is 0 Å². The molecule has 1 saturated carbocycles. The summed E-state index contributed by atoms with van der Waals surface area (Å²) in [5.41, 5.74) is 2.61. The van der Waals surface area contributed by atoms with Gasteiger partial charge in [-0.15, -0.1) is 0 Å². The van der Waals surface area contributed by atoms with E-state index in [1.54, 1.807) is 0 Å². The third-order valence-electron chi connectivity index (χ3n) is 4.76. The van der Waals surface area contributed by atoms with Crippen LogP contribution in [0.25, 0.3) is 0 Å². The second-order valence-corrected chi connectivity index (χ2v) is 6.35. The number of rotatable bonds is 6. The van der Waals surface area contributed by atoms with Crippen molar-refractivity contribution in [2.75, 3.05) is 26.2 Å². The van der Waals surface area contributed by atoms with Gasteiger partial charge in [-0.05, 0) is 44.7 Å². The summed E-state index contributed by atoms with van der Waals surface area (Å²) in [6.07, 6.45) is 5.10. The van der Waals surface area contributed by atoms with Crippen molar-refractivity contribution in [2.45, 2.75) is 51.6 Å². The van der Waals surface area contributed by atoms with E-state index >= 15 is 0 Å². The minimum absolute atomic E-state index is 0.445. The van der Waals surface area contributed by atoms with E-state index in [1.165, 1.54) is 43.5 Å². The third-order valence-corrected chi connectivity index (χ3v) is 4.76. The van der Waals surface area contributed by atoms with Gasteiger partial charge in [0.15, 0.2) is 0 Å². The van der Waals surface area contributed by atoms with Crippen LogP contribution in [0.3, 0.4) is 0 Å². The molecule has 0 spiro atoms. The summed E-state index contributed by atoms with van der Waals surface area (Å²) < 4.78 is 5.96. The summed E-state index contributed by atoms with van der Waals surface area (Å²) >= 11 is 0. The summed E-state index contributed by atoms with van der Waals surface area (Å²) in [6.45, 7) is 8.68. The third kappa shape index (κ3) is 3.58. The first-order valence-corrected chi connectivity index (χ1v) is 8.49. The number of nitrogens with zero attached hydrogens (tertiary/aromatic N) is 1. The number of ether oxygens (including phenoxy) is 1. The molecule has 3 heteroatoms. The highest BCUT2D eigenvalue weighted by atomic mass is 16.5. The zero-order valence-corrected chi connectivity index (χ0v) is 13.4. The van der Waals surface area contributed by atoms with Crippen LogP contribution in [0, 0.1) is 6.92 Å². The Labute approximate surface area is 128 Å². The van der Waals surface area contributed by atoms with Crippen LogP contribution >= 0.6 is 0 Å². The number of hydrogen-bond donors (Lipinski definition) is 1. The molecule has 1 aliphatic carbocycles. The quantitative estimate of drug-likeness (QED) is 0.869. The largest absolute Gasteiger partial charge is 0.493 e. The molecule has 1 atom stereocenters. The summed E-state index contributed by atoms with van der Waals surface area (Å²) in [5, 5.41) is 3.77. The zero-order valence-electron chi connectivity index (χ0n) is 13.4. The molecule has 0 bridgehead atoms. The molecule has 0 saturated heterocycles. The smallest absolute Gasteiger partial charge is 0.126 e. The first-order valence-electron chi connectivity index (χ1n) is 8.49. The van der Waals surface area contributed by atoms with E-state index in [-0.39, 0.29) is 0 Å². The number of likely N-dealkylation sites (N-methyl/N-ethyl adjacent to an activating group) is 1. The second kappa shape index (κ2) is 6.80. The molecule has 1 aromatic rings. The lowest BCUT2D eigenvalue weighted by Crippen LogP contribution is -2.35. The van der Waals surface area contributed by atoms with Crippen molar-refractivity contribution in [1.29, 1.82) is 0 Å². The standard InChI is InChI=1S/C18H28N2O/c1-3-20(15-9-10-15)12-11-19-17-8-5-13-21-18-14(2)6-4-7-16(17)18/h4,6-7,15,17,19H,3,5,8-13H2,1-2H3. The maximum Gasteiger partial charge on any atom is 0.126 e. The van der Waals surface area contributed by atoms with Gasteiger partial charge in [0.1, 0.15) is 5.75 Å². The van der Waals surface area contributed by atoms with Crippen molar-refractivity contribution in [3.05, 3.63) is 29.3 Å². The topological polar surface area (TPSA) is 24.5 Å². The summed E-state index contributed by atoms with van der Waals surface area (Å²) in [7, 11) is 0. The fourth-order valence-electron chi connectivity index (χ4n) is 3.40. The monoisotopic (exact) mass is 288 g/mol. The lowest BCUT2D eigenvalue weighted by atomic mass is 10.00. The molecular formula is C18H28N2O. The number of fused-ring (bicyclic) bond motifs is 1. The zero-order chi connectivity index (χ0) is 14.7. The Morgan fingerprint density at radius 1 is 1.29 bits per heavy atom.